The molecule has 3 rings (SSSR count). The van der Waals surface area contributed by atoms with Crippen LogP contribution in [0.1, 0.15) is 45.0 Å². The van der Waals surface area contributed by atoms with Crippen LogP contribution in [-0.4, -0.2) is 64.0 Å². The second-order valence-electron chi connectivity index (χ2n) is 7.16. The summed E-state index contributed by atoms with van der Waals surface area (Å²) in [4.78, 5) is 32.5. The smallest absolute Gasteiger partial charge is 0.317 e. The highest BCUT2D eigenvalue weighted by atomic mass is 16.2. The number of piperidine rings is 1. The van der Waals surface area contributed by atoms with Crippen molar-refractivity contribution < 1.29 is 9.59 Å². The van der Waals surface area contributed by atoms with Gasteiger partial charge in [0.1, 0.15) is 5.82 Å². The number of aryl methyl sites for hydroxylation is 1. The summed E-state index contributed by atoms with van der Waals surface area (Å²) in [5.41, 5.74) is 0. The third-order valence-corrected chi connectivity index (χ3v) is 5.40. The van der Waals surface area contributed by atoms with Crippen LogP contribution < -0.4 is 5.32 Å². The fourth-order valence-corrected chi connectivity index (χ4v) is 3.86. The highest BCUT2D eigenvalue weighted by Crippen LogP contribution is 2.22. The molecule has 1 aromatic heterocycles. The second-order valence-corrected chi connectivity index (χ2v) is 7.16. The summed E-state index contributed by atoms with van der Waals surface area (Å²) in [6, 6.07) is 0.190. The van der Waals surface area contributed by atoms with Crippen LogP contribution in [0.3, 0.4) is 0 Å². The normalized spacial score (nSPS) is 20.0. The van der Waals surface area contributed by atoms with E-state index in [-0.39, 0.29) is 18.0 Å². The lowest BCUT2D eigenvalue weighted by Crippen LogP contribution is -2.42. The number of nitrogens with zero attached hydrogens (tertiary/aromatic N) is 4. The zero-order valence-corrected chi connectivity index (χ0v) is 15.3. The molecule has 7 nitrogen and oxygen atoms in total. The van der Waals surface area contributed by atoms with E-state index in [1.54, 1.807) is 6.20 Å². The fourth-order valence-electron chi connectivity index (χ4n) is 3.86. The van der Waals surface area contributed by atoms with Crippen LogP contribution in [0.2, 0.25) is 0 Å². The third-order valence-electron chi connectivity index (χ3n) is 5.40. The summed E-state index contributed by atoms with van der Waals surface area (Å²) >= 11 is 0. The van der Waals surface area contributed by atoms with Gasteiger partial charge in [-0.25, -0.2) is 9.78 Å². The quantitative estimate of drug-likeness (QED) is 0.851. The van der Waals surface area contributed by atoms with Gasteiger partial charge in [0.05, 0.1) is 0 Å². The van der Waals surface area contributed by atoms with Gasteiger partial charge in [0.15, 0.2) is 0 Å². The zero-order chi connectivity index (χ0) is 17.8. The molecule has 0 aliphatic carbocycles. The molecular weight excluding hydrogens is 318 g/mol. The molecule has 0 spiro atoms. The van der Waals surface area contributed by atoms with Crippen LogP contribution >= 0.6 is 0 Å². The van der Waals surface area contributed by atoms with E-state index in [9.17, 15) is 9.59 Å². The number of nitrogens with one attached hydrogen (secondary N) is 1. The molecule has 3 heterocycles. The van der Waals surface area contributed by atoms with Crippen LogP contribution in [0.25, 0.3) is 0 Å². The number of carbonyl (C=O) groups is 2. The number of aromatic nitrogens is 2. The number of urea groups is 1. The molecule has 1 atom stereocenters. The first-order valence-electron chi connectivity index (χ1n) is 9.40. The van der Waals surface area contributed by atoms with E-state index >= 15 is 0 Å². The number of imidazole rings is 1. The third kappa shape index (κ3) is 4.14. The number of likely N-dealkylation sites (tertiary alicyclic amines) is 1. The molecule has 3 amide bonds. The summed E-state index contributed by atoms with van der Waals surface area (Å²) in [6.45, 7) is 8.14. The summed E-state index contributed by atoms with van der Waals surface area (Å²) in [5.74, 6) is 1.76. The van der Waals surface area contributed by atoms with E-state index in [1.165, 1.54) is 0 Å². The van der Waals surface area contributed by atoms with E-state index < -0.39 is 0 Å². The topological polar surface area (TPSA) is 70.5 Å². The maximum atomic E-state index is 12.6. The lowest BCUT2D eigenvalue weighted by atomic mass is 9.96. The summed E-state index contributed by atoms with van der Waals surface area (Å²) in [5, 5.41) is 2.85. The van der Waals surface area contributed by atoms with Gasteiger partial charge in [0.25, 0.3) is 0 Å². The van der Waals surface area contributed by atoms with Crippen LogP contribution in [0, 0.1) is 5.92 Å². The van der Waals surface area contributed by atoms with Crippen LogP contribution in [0.5, 0.6) is 0 Å². The average Bonchev–Trinajstić information content (AvgIpc) is 3.24. The monoisotopic (exact) mass is 347 g/mol. The molecular formula is C18H29N5O2. The molecule has 1 N–H and O–H groups in total. The van der Waals surface area contributed by atoms with E-state index in [1.807, 2.05) is 16.0 Å². The van der Waals surface area contributed by atoms with Crippen molar-refractivity contribution in [3.63, 3.8) is 0 Å². The van der Waals surface area contributed by atoms with Gasteiger partial charge in [0, 0.05) is 64.0 Å². The standard InChI is InChI=1S/C18H29N5O2/c1-3-16-19-7-11-23(16)14(2)12-17(24)21-8-4-15(5-9-21)13-22-10-6-20-18(22)25/h7,11,14-15H,3-6,8-10,12-13H2,1-2H3,(H,20,25). The van der Waals surface area contributed by atoms with Gasteiger partial charge in [-0.05, 0) is 25.7 Å². The van der Waals surface area contributed by atoms with Crippen molar-refractivity contribution in [3.05, 3.63) is 18.2 Å². The Hall–Kier alpha value is -2.05. The lowest BCUT2D eigenvalue weighted by molar-refractivity contribution is -0.133. The van der Waals surface area contributed by atoms with Gasteiger partial charge in [-0.15, -0.1) is 0 Å². The fraction of sp³-hybridized carbons (Fsp3) is 0.722. The first-order valence-corrected chi connectivity index (χ1v) is 9.40. The van der Waals surface area contributed by atoms with Crippen molar-refractivity contribution in [1.82, 2.24) is 24.7 Å². The largest absolute Gasteiger partial charge is 0.343 e. The number of hydrogen-bond acceptors (Lipinski definition) is 3. The molecule has 2 aliphatic heterocycles. The molecule has 0 aromatic carbocycles. The van der Waals surface area contributed by atoms with E-state index in [0.717, 1.165) is 57.8 Å². The highest BCUT2D eigenvalue weighted by molar-refractivity contribution is 5.77. The lowest BCUT2D eigenvalue weighted by Gasteiger charge is -2.34. The highest BCUT2D eigenvalue weighted by Gasteiger charge is 2.28. The molecule has 7 heteroatoms. The van der Waals surface area contributed by atoms with Gasteiger partial charge in [0.2, 0.25) is 5.91 Å². The molecule has 0 bridgehead atoms. The Labute approximate surface area is 149 Å². The van der Waals surface area contributed by atoms with Crippen molar-refractivity contribution in [2.24, 2.45) is 5.92 Å². The van der Waals surface area contributed by atoms with Gasteiger partial charge >= 0.3 is 6.03 Å². The van der Waals surface area contributed by atoms with Crippen molar-refractivity contribution in [1.29, 1.82) is 0 Å². The van der Waals surface area contributed by atoms with E-state index in [2.05, 4.69) is 28.7 Å². The number of amides is 3. The molecule has 2 saturated heterocycles. The van der Waals surface area contributed by atoms with E-state index in [0.29, 0.717) is 12.3 Å². The Bertz CT molecular complexity index is 606. The Morgan fingerprint density at radius 1 is 1.36 bits per heavy atom. The summed E-state index contributed by atoms with van der Waals surface area (Å²) in [7, 11) is 0. The zero-order valence-electron chi connectivity index (χ0n) is 15.3. The summed E-state index contributed by atoms with van der Waals surface area (Å²) < 4.78 is 2.11. The van der Waals surface area contributed by atoms with Crippen LogP contribution in [0.15, 0.2) is 12.4 Å². The number of rotatable bonds is 6. The number of carbonyl (C=O) groups excluding carboxylic acids is 2. The molecule has 2 fully saturated rings. The predicted molar refractivity (Wildman–Crippen MR) is 95.2 cm³/mol. The van der Waals surface area contributed by atoms with Crippen LogP contribution in [0.4, 0.5) is 4.79 Å². The Morgan fingerprint density at radius 2 is 2.12 bits per heavy atom. The maximum Gasteiger partial charge on any atom is 0.317 e. The minimum Gasteiger partial charge on any atom is -0.343 e. The molecule has 25 heavy (non-hydrogen) atoms. The Kier molecular flexibility index (Phi) is 5.60. The molecule has 1 aromatic rings. The van der Waals surface area contributed by atoms with Crippen molar-refractivity contribution >= 4 is 11.9 Å². The van der Waals surface area contributed by atoms with Gasteiger partial charge in [-0.1, -0.05) is 6.92 Å². The minimum atomic E-state index is 0.0550. The van der Waals surface area contributed by atoms with Gasteiger partial charge < -0.3 is 19.7 Å². The molecule has 138 valence electrons. The minimum absolute atomic E-state index is 0.0550. The molecule has 0 radical (unpaired) electrons. The first-order chi connectivity index (χ1) is 12.1. The summed E-state index contributed by atoms with van der Waals surface area (Å²) in [6.07, 6.45) is 7.12. The Balaban J connectivity index is 1.46. The van der Waals surface area contributed by atoms with Crippen molar-refractivity contribution in [2.45, 2.75) is 45.6 Å². The van der Waals surface area contributed by atoms with Gasteiger partial charge in [-0.2, -0.15) is 0 Å². The molecule has 1 unspecified atom stereocenters. The Morgan fingerprint density at radius 3 is 2.76 bits per heavy atom. The first kappa shape index (κ1) is 17.8. The van der Waals surface area contributed by atoms with Crippen molar-refractivity contribution in [3.8, 4) is 0 Å². The van der Waals surface area contributed by atoms with Crippen molar-refractivity contribution in [2.75, 3.05) is 32.7 Å². The maximum absolute atomic E-state index is 12.6. The number of hydrogen-bond donors (Lipinski definition) is 1. The van der Waals surface area contributed by atoms with E-state index in [4.69, 9.17) is 0 Å². The average molecular weight is 347 g/mol. The second kappa shape index (κ2) is 7.89. The molecule has 0 saturated carbocycles. The van der Waals surface area contributed by atoms with Gasteiger partial charge in [-0.3, -0.25) is 4.79 Å². The molecule has 2 aliphatic rings. The van der Waals surface area contributed by atoms with Crippen LogP contribution in [-0.2, 0) is 11.2 Å². The SMILES string of the molecule is CCc1nccn1C(C)CC(=O)N1CCC(CN2CCNC2=O)CC1. The predicted octanol–water partition coefficient (Wildman–Crippen LogP) is 1.66.